The van der Waals surface area contributed by atoms with E-state index >= 15 is 0 Å². The van der Waals surface area contributed by atoms with E-state index in [4.69, 9.17) is 9.72 Å². The molecule has 7 heteroatoms. The maximum Gasteiger partial charge on any atom is 0.256 e. The van der Waals surface area contributed by atoms with Crippen molar-refractivity contribution >= 4 is 11.7 Å². The van der Waals surface area contributed by atoms with Gasteiger partial charge in [0, 0.05) is 51.1 Å². The fourth-order valence-electron chi connectivity index (χ4n) is 3.74. The number of amides is 1. The van der Waals surface area contributed by atoms with Crippen LogP contribution in [0.2, 0.25) is 0 Å². The number of aromatic nitrogens is 2. The molecule has 1 amide bonds. The summed E-state index contributed by atoms with van der Waals surface area (Å²) in [6, 6.07) is 8.15. The lowest BCUT2D eigenvalue weighted by Crippen LogP contribution is -2.45. The summed E-state index contributed by atoms with van der Waals surface area (Å²) < 4.78 is 5.62. The number of nitrogens with one attached hydrogen (secondary N) is 1. The molecule has 1 aromatic heterocycles. The minimum absolute atomic E-state index is 0.110. The Kier molecular flexibility index (Phi) is 6.06. The second kappa shape index (κ2) is 8.88. The highest BCUT2D eigenvalue weighted by molar-refractivity contribution is 5.99. The van der Waals surface area contributed by atoms with Crippen molar-refractivity contribution in [1.29, 1.82) is 0 Å². The van der Waals surface area contributed by atoms with Gasteiger partial charge in [0.15, 0.2) is 5.82 Å². The Morgan fingerprint density at radius 3 is 2.66 bits per heavy atom. The molecule has 7 nitrogen and oxygen atoms in total. The van der Waals surface area contributed by atoms with Crippen LogP contribution in [0.5, 0.6) is 0 Å². The Morgan fingerprint density at radius 1 is 1.21 bits per heavy atom. The van der Waals surface area contributed by atoms with E-state index in [0.717, 1.165) is 51.2 Å². The summed E-state index contributed by atoms with van der Waals surface area (Å²) >= 11 is 0. The number of hydrogen-bond donors (Lipinski definition) is 1. The van der Waals surface area contributed by atoms with Crippen molar-refractivity contribution in [1.82, 2.24) is 20.2 Å². The molecule has 154 valence electrons. The van der Waals surface area contributed by atoms with Gasteiger partial charge in [0.1, 0.15) is 11.4 Å². The Hall–Kier alpha value is -2.51. The number of piperazine rings is 1. The summed E-state index contributed by atoms with van der Waals surface area (Å²) in [7, 11) is 2.12. The highest BCUT2D eigenvalue weighted by Crippen LogP contribution is 2.24. The number of anilines is 1. The van der Waals surface area contributed by atoms with Crippen LogP contribution in [0.1, 0.15) is 28.8 Å². The Bertz CT molecular complexity index is 841. The average Bonchev–Trinajstić information content (AvgIpc) is 3.26. The molecule has 0 bridgehead atoms. The van der Waals surface area contributed by atoms with E-state index in [1.807, 2.05) is 12.1 Å². The van der Waals surface area contributed by atoms with Crippen LogP contribution in [0.3, 0.4) is 0 Å². The van der Waals surface area contributed by atoms with Crippen LogP contribution in [0.15, 0.2) is 30.5 Å². The molecule has 1 atom stereocenters. The van der Waals surface area contributed by atoms with Gasteiger partial charge in [-0.2, -0.15) is 0 Å². The van der Waals surface area contributed by atoms with Crippen LogP contribution < -0.4 is 10.2 Å². The molecule has 0 spiro atoms. The zero-order valence-corrected chi connectivity index (χ0v) is 17.2. The fraction of sp³-hybridized carbons (Fsp3) is 0.500. The summed E-state index contributed by atoms with van der Waals surface area (Å²) in [6.07, 6.45) is 3.83. The van der Waals surface area contributed by atoms with Gasteiger partial charge in [0.25, 0.3) is 5.91 Å². The number of hydrogen-bond acceptors (Lipinski definition) is 6. The SMILES string of the molecule is Cc1ccc(-c2ncc(C(=O)NC[C@@H]3CCCO3)c(N3CCN(C)CC3)n2)cc1. The molecule has 0 aliphatic carbocycles. The molecular formula is C22H29N5O2. The van der Waals surface area contributed by atoms with Gasteiger partial charge in [-0.25, -0.2) is 9.97 Å². The Balaban J connectivity index is 1.60. The van der Waals surface area contributed by atoms with Gasteiger partial charge in [-0.15, -0.1) is 0 Å². The molecule has 29 heavy (non-hydrogen) atoms. The number of likely N-dealkylation sites (N-methyl/N-ethyl adjacent to an activating group) is 1. The summed E-state index contributed by atoms with van der Waals surface area (Å²) in [5.41, 5.74) is 2.68. The van der Waals surface area contributed by atoms with Crippen molar-refractivity contribution < 1.29 is 9.53 Å². The largest absolute Gasteiger partial charge is 0.376 e. The fourth-order valence-corrected chi connectivity index (χ4v) is 3.74. The van der Waals surface area contributed by atoms with Gasteiger partial charge in [-0.05, 0) is 26.8 Å². The zero-order valence-electron chi connectivity index (χ0n) is 17.2. The minimum Gasteiger partial charge on any atom is -0.376 e. The second-order valence-electron chi connectivity index (χ2n) is 7.93. The van der Waals surface area contributed by atoms with Crippen molar-refractivity contribution in [3.05, 3.63) is 41.6 Å². The van der Waals surface area contributed by atoms with E-state index in [2.05, 4.69) is 46.2 Å². The highest BCUT2D eigenvalue weighted by Gasteiger charge is 2.24. The molecule has 1 N–H and O–H groups in total. The van der Waals surface area contributed by atoms with E-state index in [1.165, 1.54) is 5.56 Å². The standard InChI is InChI=1S/C22H29N5O2/c1-16-5-7-17(8-6-16)20-23-15-19(22(28)24-14-18-4-3-13-29-18)21(25-20)27-11-9-26(2)10-12-27/h5-8,15,18H,3-4,9-14H2,1-2H3,(H,24,28)/t18-/m0/s1. The second-order valence-corrected chi connectivity index (χ2v) is 7.93. The molecular weight excluding hydrogens is 366 g/mol. The lowest BCUT2D eigenvalue weighted by molar-refractivity contribution is 0.0857. The van der Waals surface area contributed by atoms with Gasteiger partial charge >= 0.3 is 0 Å². The topological polar surface area (TPSA) is 70.6 Å². The molecule has 0 radical (unpaired) electrons. The third-order valence-electron chi connectivity index (χ3n) is 5.64. The number of carbonyl (C=O) groups is 1. The van der Waals surface area contributed by atoms with Crippen LogP contribution >= 0.6 is 0 Å². The van der Waals surface area contributed by atoms with Crippen LogP contribution in [0.4, 0.5) is 5.82 Å². The van der Waals surface area contributed by atoms with E-state index in [-0.39, 0.29) is 12.0 Å². The first-order valence-corrected chi connectivity index (χ1v) is 10.4. The van der Waals surface area contributed by atoms with Gasteiger partial charge in [0.2, 0.25) is 0 Å². The van der Waals surface area contributed by atoms with Gasteiger partial charge < -0.3 is 19.9 Å². The minimum atomic E-state index is -0.134. The number of nitrogens with zero attached hydrogens (tertiary/aromatic N) is 4. The van der Waals surface area contributed by atoms with Gasteiger partial charge in [-0.1, -0.05) is 29.8 Å². The molecule has 4 rings (SSSR count). The molecule has 2 saturated heterocycles. The molecule has 0 unspecified atom stereocenters. The first kappa shape index (κ1) is 19.8. The molecule has 2 aliphatic rings. The van der Waals surface area contributed by atoms with Gasteiger partial charge in [0.05, 0.1) is 6.10 Å². The first-order valence-electron chi connectivity index (χ1n) is 10.4. The molecule has 2 aromatic rings. The molecule has 2 fully saturated rings. The smallest absolute Gasteiger partial charge is 0.256 e. The van der Waals surface area contributed by atoms with Crippen molar-refractivity contribution in [3.8, 4) is 11.4 Å². The van der Waals surface area contributed by atoms with Gasteiger partial charge in [-0.3, -0.25) is 4.79 Å². The van der Waals surface area contributed by atoms with Crippen molar-refractivity contribution in [3.63, 3.8) is 0 Å². The number of benzene rings is 1. The molecule has 2 aliphatic heterocycles. The number of carbonyl (C=O) groups excluding carboxylic acids is 1. The third kappa shape index (κ3) is 4.74. The average molecular weight is 396 g/mol. The monoisotopic (exact) mass is 395 g/mol. The van der Waals surface area contributed by atoms with E-state index in [9.17, 15) is 4.79 Å². The van der Waals surface area contributed by atoms with Crippen molar-refractivity contribution in [2.75, 3.05) is 51.3 Å². The summed E-state index contributed by atoms with van der Waals surface area (Å²) in [4.78, 5) is 26.8. The third-order valence-corrected chi connectivity index (χ3v) is 5.64. The Labute approximate surface area is 172 Å². The number of ether oxygens (including phenoxy) is 1. The number of aryl methyl sites for hydroxylation is 1. The molecule has 0 saturated carbocycles. The first-order chi connectivity index (χ1) is 14.1. The van der Waals surface area contributed by atoms with Crippen LogP contribution in [-0.4, -0.2) is 73.3 Å². The van der Waals surface area contributed by atoms with Crippen LogP contribution in [0.25, 0.3) is 11.4 Å². The maximum absolute atomic E-state index is 12.9. The zero-order chi connectivity index (χ0) is 20.2. The lowest BCUT2D eigenvalue weighted by atomic mass is 10.1. The predicted molar refractivity (Wildman–Crippen MR) is 113 cm³/mol. The normalized spacial score (nSPS) is 20.1. The number of rotatable bonds is 5. The molecule has 3 heterocycles. The maximum atomic E-state index is 12.9. The van der Waals surface area contributed by atoms with Crippen LogP contribution in [0, 0.1) is 6.92 Å². The predicted octanol–water partition coefficient (Wildman–Crippen LogP) is 2.11. The van der Waals surface area contributed by atoms with Crippen LogP contribution in [-0.2, 0) is 4.74 Å². The van der Waals surface area contributed by atoms with E-state index < -0.39 is 0 Å². The highest BCUT2D eigenvalue weighted by atomic mass is 16.5. The quantitative estimate of drug-likeness (QED) is 0.836. The van der Waals surface area contributed by atoms with E-state index in [1.54, 1.807) is 6.20 Å². The molecule has 1 aromatic carbocycles. The summed E-state index contributed by atoms with van der Waals surface area (Å²) in [5, 5.41) is 3.01. The lowest BCUT2D eigenvalue weighted by Gasteiger charge is -2.34. The van der Waals surface area contributed by atoms with E-state index in [0.29, 0.717) is 23.8 Å². The Morgan fingerprint density at radius 2 is 1.97 bits per heavy atom. The summed E-state index contributed by atoms with van der Waals surface area (Å²) in [5.74, 6) is 1.23. The summed E-state index contributed by atoms with van der Waals surface area (Å²) in [6.45, 7) is 6.94. The van der Waals surface area contributed by atoms with Crippen molar-refractivity contribution in [2.45, 2.75) is 25.9 Å². The van der Waals surface area contributed by atoms with Crippen molar-refractivity contribution in [2.24, 2.45) is 0 Å².